The van der Waals surface area contributed by atoms with Crippen molar-refractivity contribution in [3.63, 3.8) is 0 Å². The molecule has 3 rings (SSSR count). The van der Waals surface area contributed by atoms with Gasteiger partial charge in [0.05, 0.1) is 0 Å². The van der Waals surface area contributed by atoms with Crippen molar-refractivity contribution in [1.29, 1.82) is 0 Å². The lowest BCUT2D eigenvalue weighted by Crippen LogP contribution is -2.22. The average molecular weight is 274 g/mol. The van der Waals surface area contributed by atoms with E-state index in [1.54, 1.807) is 0 Å². The smallest absolute Gasteiger partial charge is 0.166 e. The lowest BCUT2D eigenvalue weighted by molar-refractivity contribution is 0.0870. The van der Waals surface area contributed by atoms with Crippen LogP contribution in [0.3, 0.4) is 0 Å². The van der Waals surface area contributed by atoms with Crippen molar-refractivity contribution in [2.45, 2.75) is 39.0 Å². The molecule has 20 heavy (non-hydrogen) atoms. The van der Waals surface area contributed by atoms with E-state index in [-0.39, 0.29) is 11.7 Å². The van der Waals surface area contributed by atoms with E-state index in [4.69, 9.17) is 9.47 Å². The Morgan fingerprint density at radius 1 is 1.10 bits per heavy atom. The number of ketones is 1. The molecule has 0 unspecified atom stereocenters. The van der Waals surface area contributed by atoms with Crippen LogP contribution in [0, 0.1) is 11.8 Å². The van der Waals surface area contributed by atoms with Crippen LogP contribution in [0.5, 0.6) is 11.5 Å². The molecule has 1 aliphatic carbocycles. The molecule has 1 aliphatic heterocycles. The summed E-state index contributed by atoms with van der Waals surface area (Å²) in [4.78, 5) is 12.6. The van der Waals surface area contributed by atoms with E-state index in [0.29, 0.717) is 19.0 Å². The van der Waals surface area contributed by atoms with Gasteiger partial charge in [-0.25, -0.2) is 0 Å². The lowest BCUT2D eigenvalue weighted by Gasteiger charge is -2.27. The monoisotopic (exact) mass is 274 g/mol. The number of hydrogen-bond donors (Lipinski definition) is 0. The molecule has 1 aromatic carbocycles. The Labute approximate surface area is 120 Å². The van der Waals surface area contributed by atoms with Gasteiger partial charge in [-0.2, -0.15) is 0 Å². The van der Waals surface area contributed by atoms with Crippen LogP contribution < -0.4 is 9.47 Å². The summed E-state index contributed by atoms with van der Waals surface area (Å²) in [5.41, 5.74) is 0.772. The Balaban J connectivity index is 1.71. The molecule has 0 bridgehead atoms. The van der Waals surface area contributed by atoms with Crippen molar-refractivity contribution < 1.29 is 14.3 Å². The van der Waals surface area contributed by atoms with Crippen molar-refractivity contribution in [2.75, 3.05) is 13.2 Å². The predicted molar refractivity (Wildman–Crippen MR) is 77.5 cm³/mol. The van der Waals surface area contributed by atoms with E-state index in [1.807, 2.05) is 18.2 Å². The van der Waals surface area contributed by atoms with Gasteiger partial charge in [-0.05, 0) is 49.8 Å². The topological polar surface area (TPSA) is 35.5 Å². The standard InChI is InChI=1S/C17H22O3/c1-2-12-3-5-13(6-4-12)17(18)14-7-8-15-16(11-14)20-10-9-19-15/h7-8,11-13H,2-6,9-10H2,1H3. The second-order valence-corrected chi connectivity index (χ2v) is 5.85. The Morgan fingerprint density at radius 3 is 2.50 bits per heavy atom. The van der Waals surface area contributed by atoms with Crippen molar-refractivity contribution in [3.8, 4) is 11.5 Å². The zero-order valence-corrected chi connectivity index (χ0v) is 12.1. The maximum Gasteiger partial charge on any atom is 0.166 e. The first-order chi connectivity index (χ1) is 9.78. The first kappa shape index (κ1) is 13.5. The van der Waals surface area contributed by atoms with E-state index in [9.17, 15) is 4.79 Å². The molecule has 2 aliphatic rings. The highest BCUT2D eigenvalue weighted by atomic mass is 16.6. The van der Waals surface area contributed by atoms with Crippen molar-refractivity contribution in [1.82, 2.24) is 0 Å². The minimum atomic E-state index is 0.195. The highest BCUT2D eigenvalue weighted by Gasteiger charge is 2.27. The van der Waals surface area contributed by atoms with Gasteiger partial charge in [0, 0.05) is 11.5 Å². The molecule has 0 aromatic heterocycles. The fourth-order valence-electron chi connectivity index (χ4n) is 3.27. The third-order valence-corrected chi connectivity index (χ3v) is 4.62. The Bertz CT molecular complexity index is 487. The molecular formula is C17H22O3. The van der Waals surface area contributed by atoms with Crippen LogP contribution in [0.1, 0.15) is 49.4 Å². The molecular weight excluding hydrogens is 252 g/mol. The summed E-state index contributed by atoms with van der Waals surface area (Å²) in [6.07, 6.45) is 5.69. The van der Waals surface area contributed by atoms with Crippen molar-refractivity contribution in [3.05, 3.63) is 23.8 Å². The van der Waals surface area contributed by atoms with Gasteiger partial charge < -0.3 is 9.47 Å². The van der Waals surface area contributed by atoms with Gasteiger partial charge in [-0.15, -0.1) is 0 Å². The largest absolute Gasteiger partial charge is 0.486 e. The predicted octanol–water partition coefficient (Wildman–Crippen LogP) is 3.86. The minimum absolute atomic E-state index is 0.195. The molecule has 108 valence electrons. The number of rotatable bonds is 3. The molecule has 0 amide bonds. The van der Waals surface area contributed by atoms with Crippen LogP contribution in [-0.4, -0.2) is 19.0 Å². The molecule has 3 nitrogen and oxygen atoms in total. The summed E-state index contributed by atoms with van der Waals surface area (Å²) in [7, 11) is 0. The molecule has 1 heterocycles. The Morgan fingerprint density at radius 2 is 1.80 bits per heavy atom. The van der Waals surface area contributed by atoms with Gasteiger partial charge >= 0.3 is 0 Å². The quantitative estimate of drug-likeness (QED) is 0.785. The van der Waals surface area contributed by atoms with E-state index >= 15 is 0 Å². The van der Waals surface area contributed by atoms with Gasteiger partial charge in [-0.1, -0.05) is 13.3 Å². The second-order valence-electron chi connectivity index (χ2n) is 5.85. The molecule has 0 saturated heterocycles. The van der Waals surface area contributed by atoms with Crippen LogP contribution in [0.2, 0.25) is 0 Å². The summed E-state index contributed by atoms with van der Waals surface area (Å²) < 4.78 is 11.1. The molecule has 3 heteroatoms. The number of hydrogen-bond acceptors (Lipinski definition) is 3. The van der Waals surface area contributed by atoms with Crippen LogP contribution in [-0.2, 0) is 0 Å². The highest BCUT2D eigenvalue weighted by Crippen LogP contribution is 2.35. The second kappa shape index (κ2) is 5.86. The Kier molecular flexibility index (Phi) is 3.95. The zero-order chi connectivity index (χ0) is 13.9. The van der Waals surface area contributed by atoms with Crippen molar-refractivity contribution in [2.24, 2.45) is 11.8 Å². The first-order valence-electron chi connectivity index (χ1n) is 7.71. The molecule has 0 N–H and O–H groups in total. The van der Waals surface area contributed by atoms with Gasteiger partial charge in [0.25, 0.3) is 0 Å². The summed E-state index contributed by atoms with van der Waals surface area (Å²) in [5, 5.41) is 0. The molecule has 1 saturated carbocycles. The third kappa shape index (κ3) is 2.67. The summed E-state index contributed by atoms with van der Waals surface area (Å²) >= 11 is 0. The zero-order valence-electron chi connectivity index (χ0n) is 12.1. The molecule has 0 atom stereocenters. The SMILES string of the molecule is CCC1CCC(C(=O)c2ccc3c(c2)OCCO3)CC1. The van der Waals surface area contributed by atoms with Crippen LogP contribution in [0.25, 0.3) is 0 Å². The maximum atomic E-state index is 12.6. The van der Waals surface area contributed by atoms with Crippen molar-refractivity contribution >= 4 is 5.78 Å². The lowest BCUT2D eigenvalue weighted by atomic mass is 9.78. The van der Waals surface area contributed by atoms with Crippen LogP contribution in [0.4, 0.5) is 0 Å². The molecule has 0 spiro atoms. The van der Waals surface area contributed by atoms with Crippen LogP contribution >= 0.6 is 0 Å². The van der Waals surface area contributed by atoms with E-state index in [2.05, 4.69) is 6.92 Å². The fraction of sp³-hybridized carbons (Fsp3) is 0.588. The maximum absolute atomic E-state index is 12.6. The van der Waals surface area contributed by atoms with E-state index < -0.39 is 0 Å². The average Bonchev–Trinajstić information content (AvgIpc) is 2.54. The minimum Gasteiger partial charge on any atom is -0.486 e. The van der Waals surface area contributed by atoms with Crippen LogP contribution in [0.15, 0.2) is 18.2 Å². The number of Topliss-reactive ketones (excluding diaryl/α,β-unsaturated/α-hetero) is 1. The summed E-state index contributed by atoms with van der Waals surface area (Å²) in [6, 6.07) is 5.59. The molecule has 1 aromatic rings. The summed E-state index contributed by atoms with van der Waals surface area (Å²) in [5.74, 6) is 2.75. The molecule has 0 radical (unpaired) electrons. The van der Waals surface area contributed by atoms with E-state index in [1.165, 1.54) is 19.3 Å². The third-order valence-electron chi connectivity index (χ3n) is 4.62. The molecule has 1 fully saturated rings. The summed E-state index contributed by atoms with van der Waals surface area (Å²) in [6.45, 7) is 3.39. The first-order valence-corrected chi connectivity index (χ1v) is 7.71. The van der Waals surface area contributed by atoms with E-state index in [0.717, 1.165) is 30.1 Å². The number of fused-ring (bicyclic) bond motifs is 1. The normalized spacial score (nSPS) is 25.2. The van der Waals surface area contributed by atoms with Gasteiger partial charge in [0.1, 0.15) is 13.2 Å². The Hall–Kier alpha value is -1.51. The number of carbonyl (C=O) groups excluding carboxylic acids is 1. The van der Waals surface area contributed by atoms with Gasteiger partial charge in [0.2, 0.25) is 0 Å². The number of benzene rings is 1. The number of ether oxygens (including phenoxy) is 2. The fourth-order valence-corrected chi connectivity index (χ4v) is 3.27. The highest BCUT2D eigenvalue weighted by molar-refractivity contribution is 5.98. The number of carbonyl (C=O) groups is 1. The van der Waals surface area contributed by atoms with Gasteiger partial charge in [-0.3, -0.25) is 4.79 Å². The van der Waals surface area contributed by atoms with Gasteiger partial charge in [0.15, 0.2) is 17.3 Å².